The zero-order valence-corrected chi connectivity index (χ0v) is 19.0. The van der Waals surface area contributed by atoms with Gasteiger partial charge in [0.2, 0.25) is 0 Å². The van der Waals surface area contributed by atoms with E-state index in [1.807, 2.05) is 6.92 Å². The van der Waals surface area contributed by atoms with Gasteiger partial charge in [-0.15, -0.1) is 0 Å². The molecule has 1 fully saturated rings. The molecule has 0 aromatic carbocycles. The molecule has 2 aliphatic heterocycles. The number of piperazine rings is 1. The third kappa shape index (κ3) is 4.16. The maximum absolute atomic E-state index is 13.2. The molecule has 35 heavy (non-hydrogen) atoms. The molecule has 3 amide bonds. The number of ketones is 1. The van der Waals surface area contributed by atoms with Crippen LogP contribution < -0.4 is 4.90 Å². The Balaban J connectivity index is 1.32. The summed E-state index contributed by atoms with van der Waals surface area (Å²) in [5.74, 6) is -1.22. The van der Waals surface area contributed by atoms with Crippen LogP contribution in [0.4, 0.5) is 5.82 Å². The summed E-state index contributed by atoms with van der Waals surface area (Å²) in [6.07, 6.45) is 6.13. The molecule has 0 bridgehead atoms. The SMILES string of the molecule is C[C@@H]1CN(C(=O)C(=O)c2c[nH]c3c(N4CC=NC(=O)C4)nccc23)CCN1C(=O)c1ccccn1. The Morgan fingerprint density at radius 2 is 1.94 bits per heavy atom. The summed E-state index contributed by atoms with van der Waals surface area (Å²) in [4.78, 5) is 71.0. The van der Waals surface area contributed by atoms with Crippen molar-refractivity contribution in [1.29, 1.82) is 0 Å². The lowest BCUT2D eigenvalue weighted by Crippen LogP contribution is -2.56. The van der Waals surface area contributed by atoms with Crippen molar-refractivity contribution in [3.8, 4) is 0 Å². The number of aromatic amines is 1. The number of fused-ring (bicyclic) bond motifs is 1. The van der Waals surface area contributed by atoms with Crippen LogP contribution in [-0.4, -0.2) is 93.2 Å². The highest BCUT2D eigenvalue weighted by molar-refractivity contribution is 6.45. The molecule has 0 saturated carbocycles. The minimum absolute atomic E-state index is 0.0865. The first-order valence-electron chi connectivity index (χ1n) is 11.3. The Hall–Kier alpha value is -4.41. The highest BCUT2D eigenvalue weighted by Crippen LogP contribution is 2.27. The summed E-state index contributed by atoms with van der Waals surface area (Å²) in [7, 11) is 0. The van der Waals surface area contributed by atoms with Crippen LogP contribution >= 0.6 is 0 Å². The quantitative estimate of drug-likeness (QED) is 0.440. The van der Waals surface area contributed by atoms with Gasteiger partial charge in [0.25, 0.3) is 23.5 Å². The van der Waals surface area contributed by atoms with E-state index in [1.165, 1.54) is 17.3 Å². The largest absolute Gasteiger partial charge is 0.357 e. The number of aliphatic imine (C=N–C) groups is 1. The molecule has 3 aromatic rings. The van der Waals surface area contributed by atoms with Crippen molar-refractivity contribution in [3.05, 3.63) is 54.1 Å². The van der Waals surface area contributed by atoms with Gasteiger partial charge in [0.15, 0.2) is 5.82 Å². The van der Waals surface area contributed by atoms with Gasteiger partial charge in [-0.25, -0.2) is 9.98 Å². The molecule has 178 valence electrons. The lowest BCUT2D eigenvalue weighted by Gasteiger charge is -2.39. The van der Waals surface area contributed by atoms with Crippen LogP contribution in [0.3, 0.4) is 0 Å². The molecule has 0 radical (unpaired) electrons. The van der Waals surface area contributed by atoms with Gasteiger partial charge in [-0.2, -0.15) is 0 Å². The van der Waals surface area contributed by atoms with E-state index in [2.05, 4.69) is 19.9 Å². The van der Waals surface area contributed by atoms with Crippen molar-refractivity contribution in [1.82, 2.24) is 24.8 Å². The number of nitrogens with one attached hydrogen (secondary N) is 1. The first-order chi connectivity index (χ1) is 16.9. The van der Waals surface area contributed by atoms with Gasteiger partial charge in [-0.05, 0) is 25.1 Å². The molecule has 3 aromatic heterocycles. The molecule has 1 N–H and O–H groups in total. The highest BCUT2D eigenvalue weighted by Gasteiger charge is 2.34. The van der Waals surface area contributed by atoms with Gasteiger partial charge in [-0.1, -0.05) is 6.07 Å². The monoisotopic (exact) mass is 473 g/mol. The summed E-state index contributed by atoms with van der Waals surface area (Å²) in [5.41, 5.74) is 1.16. The number of pyridine rings is 2. The highest BCUT2D eigenvalue weighted by atomic mass is 16.2. The maximum atomic E-state index is 13.2. The van der Waals surface area contributed by atoms with Crippen LogP contribution in [0.15, 0.2) is 47.8 Å². The van der Waals surface area contributed by atoms with E-state index in [-0.39, 0.29) is 43.1 Å². The fraction of sp³-hybridized carbons (Fsp3) is 0.292. The zero-order chi connectivity index (χ0) is 24.5. The molecular weight excluding hydrogens is 450 g/mol. The van der Waals surface area contributed by atoms with E-state index in [0.29, 0.717) is 35.5 Å². The fourth-order valence-corrected chi connectivity index (χ4v) is 4.48. The summed E-state index contributed by atoms with van der Waals surface area (Å²) in [6, 6.07) is 6.55. The van der Waals surface area contributed by atoms with Crippen molar-refractivity contribution >= 4 is 46.4 Å². The molecule has 0 spiro atoms. The van der Waals surface area contributed by atoms with Crippen LogP contribution in [-0.2, 0) is 9.59 Å². The first kappa shape index (κ1) is 22.4. The molecule has 0 aliphatic carbocycles. The number of hydrogen-bond acceptors (Lipinski definition) is 7. The Kier molecular flexibility index (Phi) is 5.81. The van der Waals surface area contributed by atoms with Crippen molar-refractivity contribution in [2.24, 2.45) is 4.99 Å². The molecule has 2 aliphatic rings. The van der Waals surface area contributed by atoms with Gasteiger partial charge in [0.05, 0.1) is 17.6 Å². The van der Waals surface area contributed by atoms with Crippen molar-refractivity contribution in [3.63, 3.8) is 0 Å². The topological polar surface area (TPSA) is 132 Å². The lowest BCUT2D eigenvalue weighted by atomic mass is 10.1. The maximum Gasteiger partial charge on any atom is 0.295 e. The van der Waals surface area contributed by atoms with Gasteiger partial charge >= 0.3 is 0 Å². The van der Waals surface area contributed by atoms with E-state index in [4.69, 9.17) is 0 Å². The number of H-pyrrole nitrogens is 1. The second-order valence-electron chi connectivity index (χ2n) is 8.49. The minimum Gasteiger partial charge on any atom is -0.357 e. The number of amides is 3. The van der Waals surface area contributed by atoms with Crippen LogP contribution in [0, 0.1) is 0 Å². The Labute approximate surface area is 200 Å². The Bertz CT molecular complexity index is 1350. The van der Waals surface area contributed by atoms with Crippen LogP contribution in [0.25, 0.3) is 10.9 Å². The summed E-state index contributed by atoms with van der Waals surface area (Å²) < 4.78 is 0. The number of anilines is 1. The average Bonchev–Trinajstić information content (AvgIpc) is 3.32. The summed E-state index contributed by atoms with van der Waals surface area (Å²) in [6.45, 7) is 3.15. The van der Waals surface area contributed by atoms with E-state index in [0.717, 1.165) is 0 Å². The molecule has 11 nitrogen and oxygen atoms in total. The molecule has 1 saturated heterocycles. The predicted molar refractivity (Wildman–Crippen MR) is 127 cm³/mol. The summed E-state index contributed by atoms with van der Waals surface area (Å²) in [5, 5.41) is 0.556. The zero-order valence-electron chi connectivity index (χ0n) is 19.0. The number of carbonyl (C=O) groups is 4. The number of nitrogens with zero attached hydrogens (tertiary/aromatic N) is 6. The standard InChI is InChI=1S/C24H23N7O4/c1-15-13-30(10-11-31(15)23(34)18-4-2-3-6-25-18)24(35)21(33)17-12-28-20-16(17)5-7-27-22(20)29-9-8-26-19(32)14-29/h2-8,12,15,28H,9-11,13-14H2,1H3/t15-/m1/s1. The molecule has 5 rings (SSSR count). The van der Waals surface area contributed by atoms with Crippen LogP contribution in [0.5, 0.6) is 0 Å². The number of rotatable bonds is 4. The number of Topliss-reactive ketones (excluding diaryl/α,β-unsaturated/α-hetero) is 1. The smallest absolute Gasteiger partial charge is 0.295 e. The molecular formula is C24H23N7O4. The van der Waals surface area contributed by atoms with Crippen molar-refractivity contribution < 1.29 is 19.2 Å². The second-order valence-corrected chi connectivity index (χ2v) is 8.49. The third-order valence-electron chi connectivity index (χ3n) is 6.24. The molecule has 0 unspecified atom stereocenters. The minimum atomic E-state index is -0.638. The second kappa shape index (κ2) is 9.09. The molecule has 5 heterocycles. The van der Waals surface area contributed by atoms with Crippen molar-refractivity contribution in [2.45, 2.75) is 13.0 Å². The Morgan fingerprint density at radius 1 is 1.09 bits per heavy atom. The van der Waals surface area contributed by atoms with Gasteiger partial charge in [0, 0.05) is 55.9 Å². The van der Waals surface area contributed by atoms with E-state index >= 15 is 0 Å². The van der Waals surface area contributed by atoms with E-state index in [1.54, 1.807) is 46.5 Å². The Morgan fingerprint density at radius 3 is 2.69 bits per heavy atom. The van der Waals surface area contributed by atoms with Crippen molar-refractivity contribution in [2.75, 3.05) is 37.6 Å². The van der Waals surface area contributed by atoms with Crippen LogP contribution in [0.1, 0.15) is 27.8 Å². The van der Waals surface area contributed by atoms with E-state index < -0.39 is 11.7 Å². The van der Waals surface area contributed by atoms with Gasteiger partial charge < -0.3 is 19.7 Å². The predicted octanol–water partition coefficient (Wildman–Crippen LogP) is 0.931. The number of carbonyl (C=O) groups excluding carboxylic acids is 4. The molecule has 1 atom stereocenters. The fourth-order valence-electron chi connectivity index (χ4n) is 4.48. The van der Waals surface area contributed by atoms with Gasteiger partial charge in [0.1, 0.15) is 12.2 Å². The number of aromatic nitrogens is 3. The van der Waals surface area contributed by atoms with Crippen LogP contribution in [0.2, 0.25) is 0 Å². The first-order valence-corrected chi connectivity index (χ1v) is 11.3. The lowest BCUT2D eigenvalue weighted by molar-refractivity contribution is -0.128. The number of hydrogen-bond donors (Lipinski definition) is 1. The van der Waals surface area contributed by atoms with E-state index in [9.17, 15) is 19.2 Å². The normalized spacial score (nSPS) is 18.3. The third-order valence-corrected chi connectivity index (χ3v) is 6.24. The average molecular weight is 473 g/mol. The summed E-state index contributed by atoms with van der Waals surface area (Å²) >= 11 is 0. The molecule has 11 heteroatoms. The van der Waals surface area contributed by atoms with Gasteiger partial charge in [-0.3, -0.25) is 24.2 Å².